The van der Waals surface area contributed by atoms with Gasteiger partial charge in [0, 0.05) is 20.3 Å². The molecule has 0 saturated heterocycles. The van der Waals surface area contributed by atoms with Crippen molar-refractivity contribution in [1.82, 2.24) is 19.7 Å². The number of esters is 1. The van der Waals surface area contributed by atoms with E-state index in [0.717, 1.165) is 22.5 Å². The van der Waals surface area contributed by atoms with Crippen LogP contribution in [0, 0.1) is 6.92 Å². The van der Waals surface area contributed by atoms with E-state index in [0.29, 0.717) is 11.0 Å². The molecule has 0 radical (unpaired) electrons. The van der Waals surface area contributed by atoms with E-state index >= 15 is 0 Å². The molecule has 6 nitrogen and oxygen atoms in total. The van der Waals surface area contributed by atoms with Crippen LogP contribution >= 0.6 is 0 Å². The highest BCUT2D eigenvalue weighted by atomic mass is 16.5. The van der Waals surface area contributed by atoms with Crippen molar-refractivity contribution in [3.63, 3.8) is 0 Å². The molecule has 0 bridgehead atoms. The Morgan fingerprint density at radius 2 is 2.00 bits per heavy atom. The van der Waals surface area contributed by atoms with Crippen LogP contribution in [0.25, 0.3) is 22.3 Å². The average molecular weight is 350 g/mol. The lowest BCUT2D eigenvalue weighted by atomic mass is 10.1. The summed E-state index contributed by atoms with van der Waals surface area (Å²) in [6, 6.07) is 11.7. The van der Waals surface area contributed by atoms with Gasteiger partial charge in [0.2, 0.25) is 0 Å². The number of hydrogen-bond acceptors (Lipinski definition) is 5. The predicted octanol–water partition coefficient (Wildman–Crippen LogP) is 3.44. The van der Waals surface area contributed by atoms with E-state index in [-0.39, 0.29) is 5.69 Å². The first-order valence-corrected chi connectivity index (χ1v) is 8.31. The monoisotopic (exact) mass is 350 g/mol. The molecule has 0 atom stereocenters. The Balaban J connectivity index is 2.26. The fourth-order valence-corrected chi connectivity index (χ4v) is 2.86. The Labute approximate surface area is 152 Å². The van der Waals surface area contributed by atoms with Gasteiger partial charge in [-0.2, -0.15) is 5.10 Å². The SMILES string of the molecule is COC(=O)c1nn(-c2cccc(C)c2)c2nc(C(C)=CN(C)C)ccc12. The van der Waals surface area contributed by atoms with Crippen molar-refractivity contribution in [3.05, 3.63) is 59.5 Å². The number of hydrogen-bond donors (Lipinski definition) is 0. The molecule has 0 saturated carbocycles. The molecular weight excluding hydrogens is 328 g/mol. The Hall–Kier alpha value is -3.15. The van der Waals surface area contributed by atoms with Crippen LogP contribution in [0.2, 0.25) is 0 Å². The van der Waals surface area contributed by atoms with Gasteiger partial charge in [-0.25, -0.2) is 14.5 Å². The van der Waals surface area contributed by atoms with E-state index in [2.05, 4.69) is 5.10 Å². The maximum absolute atomic E-state index is 12.2. The Bertz CT molecular complexity index is 1000. The molecule has 6 heteroatoms. The minimum absolute atomic E-state index is 0.261. The maximum atomic E-state index is 12.2. The Morgan fingerprint density at radius 1 is 1.23 bits per heavy atom. The maximum Gasteiger partial charge on any atom is 0.359 e. The van der Waals surface area contributed by atoms with Crippen molar-refractivity contribution in [2.45, 2.75) is 13.8 Å². The normalized spacial score (nSPS) is 11.7. The van der Waals surface area contributed by atoms with Crippen LogP contribution in [0.15, 0.2) is 42.6 Å². The molecule has 0 amide bonds. The van der Waals surface area contributed by atoms with E-state index in [4.69, 9.17) is 9.72 Å². The number of methoxy groups -OCH3 is 1. The number of carbonyl (C=O) groups is 1. The zero-order chi connectivity index (χ0) is 18.8. The van der Waals surface area contributed by atoms with Crippen molar-refractivity contribution < 1.29 is 9.53 Å². The first kappa shape index (κ1) is 17.7. The number of ether oxygens (including phenoxy) is 1. The van der Waals surface area contributed by atoms with Gasteiger partial charge in [-0.1, -0.05) is 12.1 Å². The molecule has 1 aromatic carbocycles. The molecule has 2 aromatic heterocycles. The summed E-state index contributed by atoms with van der Waals surface area (Å²) in [5.74, 6) is -0.475. The van der Waals surface area contributed by atoms with E-state index in [1.807, 2.05) is 75.4 Å². The van der Waals surface area contributed by atoms with E-state index in [9.17, 15) is 4.79 Å². The van der Waals surface area contributed by atoms with Crippen molar-refractivity contribution in [1.29, 1.82) is 0 Å². The minimum Gasteiger partial charge on any atom is -0.464 e. The molecule has 26 heavy (non-hydrogen) atoms. The second kappa shape index (κ2) is 7.00. The lowest BCUT2D eigenvalue weighted by Gasteiger charge is -2.09. The summed E-state index contributed by atoms with van der Waals surface area (Å²) in [6.45, 7) is 4.02. The Morgan fingerprint density at radius 3 is 2.65 bits per heavy atom. The van der Waals surface area contributed by atoms with Crippen LogP contribution in [-0.4, -0.2) is 46.8 Å². The highest BCUT2D eigenvalue weighted by molar-refractivity contribution is 6.01. The third-order valence-electron chi connectivity index (χ3n) is 4.01. The van der Waals surface area contributed by atoms with Gasteiger partial charge in [-0.15, -0.1) is 0 Å². The summed E-state index contributed by atoms with van der Waals surface area (Å²) in [4.78, 5) is 18.9. The third kappa shape index (κ3) is 3.31. The van der Waals surface area contributed by atoms with Crippen LogP contribution in [-0.2, 0) is 4.74 Å². The number of nitrogens with zero attached hydrogens (tertiary/aromatic N) is 4. The van der Waals surface area contributed by atoms with Gasteiger partial charge < -0.3 is 9.64 Å². The second-order valence-corrected chi connectivity index (χ2v) is 6.43. The number of rotatable bonds is 4. The highest BCUT2D eigenvalue weighted by Crippen LogP contribution is 2.24. The van der Waals surface area contributed by atoms with Crippen molar-refractivity contribution in [3.8, 4) is 5.69 Å². The number of aromatic nitrogens is 3. The lowest BCUT2D eigenvalue weighted by Crippen LogP contribution is -2.04. The highest BCUT2D eigenvalue weighted by Gasteiger charge is 2.20. The van der Waals surface area contributed by atoms with Crippen molar-refractivity contribution >= 4 is 22.6 Å². The van der Waals surface area contributed by atoms with E-state index < -0.39 is 5.97 Å². The van der Waals surface area contributed by atoms with Crippen LogP contribution < -0.4 is 0 Å². The third-order valence-corrected chi connectivity index (χ3v) is 4.01. The minimum atomic E-state index is -0.475. The standard InChI is InChI=1S/C20H22N4O2/c1-13-7-6-8-15(11-13)24-19-16(18(22-24)20(25)26-5)9-10-17(21-19)14(2)12-23(3)4/h6-12H,1-5H3. The van der Waals surface area contributed by atoms with Crippen LogP contribution in [0.4, 0.5) is 0 Å². The zero-order valence-corrected chi connectivity index (χ0v) is 15.6. The molecular formula is C20H22N4O2. The Kier molecular flexibility index (Phi) is 4.75. The van der Waals surface area contributed by atoms with Gasteiger partial charge in [-0.05, 0) is 49.2 Å². The molecule has 0 unspecified atom stereocenters. The number of aryl methyl sites for hydroxylation is 1. The average Bonchev–Trinajstić information content (AvgIpc) is 2.99. The molecule has 0 aliphatic heterocycles. The van der Waals surface area contributed by atoms with Crippen molar-refractivity contribution in [2.75, 3.05) is 21.2 Å². The molecule has 0 fully saturated rings. The lowest BCUT2D eigenvalue weighted by molar-refractivity contribution is 0.0595. The second-order valence-electron chi connectivity index (χ2n) is 6.43. The molecule has 3 rings (SSSR count). The molecule has 3 aromatic rings. The van der Waals surface area contributed by atoms with Gasteiger partial charge in [0.05, 0.1) is 23.9 Å². The van der Waals surface area contributed by atoms with Crippen LogP contribution in [0.3, 0.4) is 0 Å². The number of fused-ring (bicyclic) bond motifs is 1. The quantitative estimate of drug-likeness (QED) is 0.675. The van der Waals surface area contributed by atoms with Gasteiger partial charge in [0.25, 0.3) is 0 Å². The number of allylic oxidation sites excluding steroid dienone is 1. The number of pyridine rings is 1. The fraction of sp³-hybridized carbons (Fsp3) is 0.250. The molecule has 0 spiro atoms. The smallest absolute Gasteiger partial charge is 0.359 e. The van der Waals surface area contributed by atoms with Crippen LogP contribution in [0.5, 0.6) is 0 Å². The summed E-state index contributed by atoms with van der Waals surface area (Å²) in [5.41, 5.74) is 4.69. The van der Waals surface area contributed by atoms with E-state index in [1.54, 1.807) is 4.68 Å². The summed E-state index contributed by atoms with van der Waals surface area (Å²) < 4.78 is 6.58. The topological polar surface area (TPSA) is 60.2 Å². The largest absolute Gasteiger partial charge is 0.464 e. The summed E-state index contributed by atoms with van der Waals surface area (Å²) >= 11 is 0. The van der Waals surface area contributed by atoms with Crippen molar-refractivity contribution in [2.24, 2.45) is 0 Å². The van der Waals surface area contributed by atoms with E-state index in [1.165, 1.54) is 7.11 Å². The molecule has 2 heterocycles. The molecule has 0 N–H and O–H groups in total. The van der Waals surface area contributed by atoms with Gasteiger partial charge in [0.15, 0.2) is 11.3 Å². The first-order chi connectivity index (χ1) is 12.4. The molecule has 0 aliphatic carbocycles. The van der Waals surface area contributed by atoms with Gasteiger partial charge >= 0.3 is 5.97 Å². The molecule has 0 aliphatic rings. The van der Waals surface area contributed by atoms with Gasteiger partial charge in [-0.3, -0.25) is 0 Å². The fourth-order valence-electron chi connectivity index (χ4n) is 2.86. The van der Waals surface area contributed by atoms with Crippen LogP contribution in [0.1, 0.15) is 28.7 Å². The first-order valence-electron chi connectivity index (χ1n) is 8.31. The summed E-state index contributed by atoms with van der Waals surface area (Å²) in [5, 5.41) is 5.15. The summed E-state index contributed by atoms with van der Waals surface area (Å²) in [6.07, 6.45) is 2.00. The number of benzene rings is 1. The predicted molar refractivity (Wildman–Crippen MR) is 102 cm³/mol. The molecule has 134 valence electrons. The van der Waals surface area contributed by atoms with Gasteiger partial charge in [0.1, 0.15) is 0 Å². The zero-order valence-electron chi connectivity index (χ0n) is 15.6. The summed E-state index contributed by atoms with van der Waals surface area (Å²) in [7, 11) is 5.29. The number of carbonyl (C=O) groups excluding carboxylic acids is 1.